The van der Waals surface area contributed by atoms with Crippen LogP contribution in [0.5, 0.6) is 0 Å². The van der Waals surface area contributed by atoms with Crippen LogP contribution < -0.4 is 5.43 Å². The molecule has 3 heterocycles. The van der Waals surface area contributed by atoms with Crippen LogP contribution in [-0.2, 0) is 0 Å². The second-order valence-electron chi connectivity index (χ2n) is 5.97. The number of hydrazine groups is 1. The average Bonchev–Trinajstić information content (AvgIpc) is 2.79. The van der Waals surface area contributed by atoms with Crippen molar-refractivity contribution in [1.29, 1.82) is 0 Å². The van der Waals surface area contributed by atoms with Crippen molar-refractivity contribution in [2.24, 2.45) is 0 Å². The highest BCUT2D eigenvalue weighted by Gasteiger charge is 2.32. The molecule has 0 aromatic rings. The van der Waals surface area contributed by atoms with Gasteiger partial charge in [0.15, 0.2) is 0 Å². The highest BCUT2D eigenvalue weighted by atomic mass is 15.5. The Morgan fingerprint density at radius 2 is 1.76 bits per heavy atom. The molecule has 0 saturated carbocycles. The van der Waals surface area contributed by atoms with Gasteiger partial charge in [0.05, 0.1) is 0 Å². The van der Waals surface area contributed by atoms with Gasteiger partial charge in [0.1, 0.15) is 0 Å². The fourth-order valence-electron chi connectivity index (χ4n) is 3.54. The summed E-state index contributed by atoms with van der Waals surface area (Å²) in [6.07, 6.45) is 5.56. The lowest BCUT2D eigenvalue weighted by atomic mass is 9.98. The Hall–Kier alpha value is -0.160. The largest absolute Gasteiger partial charge is 0.304 e. The van der Waals surface area contributed by atoms with Gasteiger partial charge >= 0.3 is 0 Å². The van der Waals surface area contributed by atoms with E-state index in [4.69, 9.17) is 0 Å². The second kappa shape index (κ2) is 5.22. The molecule has 3 aliphatic heterocycles. The molecule has 3 rings (SSSR count). The van der Waals surface area contributed by atoms with Crippen LogP contribution in [-0.4, -0.2) is 73.2 Å². The molecule has 3 saturated heterocycles. The third kappa shape index (κ3) is 2.81. The van der Waals surface area contributed by atoms with Crippen molar-refractivity contribution < 1.29 is 0 Å². The van der Waals surface area contributed by atoms with Crippen LogP contribution in [0, 0.1) is 0 Å². The Kier molecular flexibility index (Phi) is 3.66. The van der Waals surface area contributed by atoms with Crippen LogP contribution in [0.25, 0.3) is 0 Å². The SMILES string of the molecule is CN1CCN(NC2CCN3CCCC3C2)CC1. The number of piperazine rings is 1. The normalized spacial score (nSPS) is 37.2. The summed E-state index contributed by atoms with van der Waals surface area (Å²) in [5.41, 5.74) is 3.77. The number of hydrogen-bond donors (Lipinski definition) is 1. The van der Waals surface area contributed by atoms with Crippen molar-refractivity contribution in [1.82, 2.24) is 20.2 Å². The summed E-state index contributed by atoms with van der Waals surface area (Å²) < 4.78 is 0. The van der Waals surface area contributed by atoms with Gasteiger partial charge in [-0.15, -0.1) is 0 Å². The standard InChI is InChI=1S/C13H26N4/c1-15-7-9-17(10-8-15)14-12-4-6-16-5-2-3-13(16)11-12/h12-14H,2-11H2,1H3. The number of hydrogen-bond acceptors (Lipinski definition) is 4. The van der Waals surface area contributed by atoms with Crippen molar-refractivity contribution >= 4 is 0 Å². The number of nitrogens with zero attached hydrogens (tertiary/aromatic N) is 3. The quantitative estimate of drug-likeness (QED) is 0.750. The first-order valence-corrected chi connectivity index (χ1v) is 7.25. The third-order valence-corrected chi connectivity index (χ3v) is 4.69. The summed E-state index contributed by atoms with van der Waals surface area (Å²) in [6.45, 7) is 7.44. The first-order valence-electron chi connectivity index (χ1n) is 7.25. The smallest absolute Gasteiger partial charge is 0.0259 e. The van der Waals surface area contributed by atoms with Gasteiger partial charge in [0, 0.05) is 38.3 Å². The zero-order valence-corrected chi connectivity index (χ0v) is 11.1. The Labute approximate surface area is 105 Å². The molecule has 0 radical (unpaired) electrons. The minimum atomic E-state index is 0.734. The van der Waals surface area contributed by atoms with Crippen molar-refractivity contribution in [3.05, 3.63) is 0 Å². The van der Waals surface area contributed by atoms with Gasteiger partial charge in [-0.05, 0) is 45.8 Å². The van der Waals surface area contributed by atoms with Gasteiger partial charge in [-0.25, -0.2) is 5.01 Å². The molecule has 4 heteroatoms. The number of piperidine rings is 1. The summed E-state index contributed by atoms with van der Waals surface area (Å²) in [5, 5.41) is 2.45. The molecule has 4 nitrogen and oxygen atoms in total. The fraction of sp³-hybridized carbons (Fsp3) is 1.00. The Balaban J connectivity index is 1.46. The predicted molar refractivity (Wildman–Crippen MR) is 69.8 cm³/mol. The maximum atomic E-state index is 3.77. The van der Waals surface area contributed by atoms with E-state index in [9.17, 15) is 0 Å². The maximum absolute atomic E-state index is 3.77. The highest BCUT2D eigenvalue weighted by molar-refractivity contribution is 4.89. The zero-order valence-electron chi connectivity index (χ0n) is 11.1. The van der Waals surface area contributed by atoms with Gasteiger partial charge in [-0.1, -0.05) is 0 Å². The third-order valence-electron chi connectivity index (χ3n) is 4.69. The van der Waals surface area contributed by atoms with Crippen molar-refractivity contribution in [2.75, 3.05) is 46.3 Å². The lowest BCUT2D eigenvalue weighted by molar-refractivity contribution is 0.0589. The molecule has 0 spiro atoms. The molecule has 17 heavy (non-hydrogen) atoms. The van der Waals surface area contributed by atoms with Crippen LogP contribution in [0.15, 0.2) is 0 Å². The van der Waals surface area contributed by atoms with Gasteiger partial charge in [-0.2, -0.15) is 0 Å². The molecular formula is C13H26N4. The van der Waals surface area contributed by atoms with Crippen LogP contribution in [0.2, 0.25) is 0 Å². The number of likely N-dealkylation sites (N-methyl/N-ethyl adjacent to an activating group) is 1. The molecule has 3 aliphatic rings. The first kappa shape index (κ1) is 11.9. The van der Waals surface area contributed by atoms with Crippen LogP contribution in [0.4, 0.5) is 0 Å². The van der Waals surface area contributed by atoms with E-state index in [1.165, 1.54) is 65.0 Å². The van der Waals surface area contributed by atoms with Gasteiger partial charge in [0.25, 0.3) is 0 Å². The summed E-state index contributed by atoms with van der Waals surface area (Å²) in [5.74, 6) is 0. The second-order valence-corrected chi connectivity index (χ2v) is 5.97. The van der Waals surface area contributed by atoms with Gasteiger partial charge in [-0.3, -0.25) is 5.43 Å². The summed E-state index contributed by atoms with van der Waals surface area (Å²) in [4.78, 5) is 5.11. The van der Waals surface area contributed by atoms with Gasteiger partial charge in [0.2, 0.25) is 0 Å². The molecule has 1 N–H and O–H groups in total. The van der Waals surface area contributed by atoms with E-state index in [1.54, 1.807) is 0 Å². The summed E-state index contributed by atoms with van der Waals surface area (Å²) >= 11 is 0. The molecule has 0 bridgehead atoms. The molecule has 0 amide bonds. The molecule has 3 fully saturated rings. The molecule has 2 unspecified atom stereocenters. The summed E-state index contributed by atoms with van der Waals surface area (Å²) in [6, 6.07) is 1.62. The van der Waals surface area contributed by atoms with E-state index in [0.717, 1.165) is 12.1 Å². The number of rotatable bonds is 2. The topological polar surface area (TPSA) is 21.8 Å². The highest BCUT2D eigenvalue weighted by Crippen LogP contribution is 2.26. The predicted octanol–water partition coefficient (Wildman–Crippen LogP) is 0.365. The number of fused-ring (bicyclic) bond motifs is 1. The van der Waals surface area contributed by atoms with E-state index in [2.05, 4.69) is 27.3 Å². The Morgan fingerprint density at radius 1 is 0.941 bits per heavy atom. The van der Waals surface area contributed by atoms with Crippen LogP contribution in [0.3, 0.4) is 0 Å². The molecule has 0 aliphatic carbocycles. The molecule has 2 atom stereocenters. The lowest BCUT2D eigenvalue weighted by Crippen LogP contribution is -2.56. The van der Waals surface area contributed by atoms with Crippen LogP contribution >= 0.6 is 0 Å². The van der Waals surface area contributed by atoms with Crippen molar-refractivity contribution in [2.45, 2.75) is 37.8 Å². The molecular weight excluding hydrogens is 212 g/mol. The zero-order chi connectivity index (χ0) is 11.7. The Morgan fingerprint density at radius 3 is 2.59 bits per heavy atom. The van der Waals surface area contributed by atoms with E-state index >= 15 is 0 Å². The average molecular weight is 238 g/mol. The summed E-state index contributed by atoms with van der Waals surface area (Å²) in [7, 11) is 2.22. The first-order chi connectivity index (χ1) is 8.31. The lowest BCUT2D eigenvalue weighted by Gasteiger charge is -2.40. The molecule has 98 valence electrons. The van der Waals surface area contributed by atoms with E-state index in [-0.39, 0.29) is 0 Å². The minimum absolute atomic E-state index is 0.734. The van der Waals surface area contributed by atoms with Crippen molar-refractivity contribution in [3.8, 4) is 0 Å². The van der Waals surface area contributed by atoms with Crippen molar-refractivity contribution in [3.63, 3.8) is 0 Å². The van der Waals surface area contributed by atoms with E-state index in [0.29, 0.717) is 0 Å². The molecule has 0 aromatic heterocycles. The number of nitrogens with one attached hydrogen (secondary N) is 1. The van der Waals surface area contributed by atoms with Gasteiger partial charge < -0.3 is 9.80 Å². The van der Waals surface area contributed by atoms with E-state index < -0.39 is 0 Å². The monoisotopic (exact) mass is 238 g/mol. The maximum Gasteiger partial charge on any atom is 0.0259 e. The fourth-order valence-corrected chi connectivity index (χ4v) is 3.54. The Bertz CT molecular complexity index is 250. The van der Waals surface area contributed by atoms with E-state index in [1.807, 2.05) is 0 Å². The van der Waals surface area contributed by atoms with Crippen LogP contribution in [0.1, 0.15) is 25.7 Å². The molecule has 0 aromatic carbocycles. The minimum Gasteiger partial charge on any atom is -0.304 e.